The third-order valence-corrected chi connectivity index (χ3v) is 9.25. The molecule has 4 aromatic rings. The number of carbonyl (C=O) groups excluding carboxylic acids is 2. The van der Waals surface area contributed by atoms with Gasteiger partial charge in [0.25, 0.3) is 10.0 Å². The Morgan fingerprint density at radius 1 is 0.844 bits per heavy atom. The van der Waals surface area contributed by atoms with E-state index in [4.69, 9.17) is 4.74 Å². The highest BCUT2D eigenvalue weighted by Gasteiger charge is 2.33. The minimum Gasteiger partial charge on any atom is -0.457 e. The van der Waals surface area contributed by atoms with Crippen LogP contribution in [-0.2, 0) is 26.2 Å². The topological polar surface area (TPSA) is 96.0 Å². The van der Waals surface area contributed by atoms with Crippen molar-refractivity contribution in [1.29, 1.82) is 0 Å². The number of nitrogens with zero attached hydrogens (tertiary/aromatic N) is 2. The molecule has 45 heavy (non-hydrogen) atoms. The third kappa shape index (κ3) is 8.48. The van der Waals surface area contributed by atoms with Gasteiger partial charge in [0.05, 0.1) is 10.6 Å². The Bertz CT molecular complexity index is 1700. The predicted octanol–water partition coefficient (Wildman–Crippen LogP) is 6.45. The van der Waals surface area contributed by atoms with E-state index in [-0.39, 0.29) is 28.7 Å². The van der Waals surface area contributed by atoms with Crippen LogP contribution in [0.25, 0.3) is 0 Å². The molecule has 4 rings (SSSR count). The molecule has 0 saturated heterocycles. The largest absolute Gasteiger partial charge is 0.457 e. The summed E-state index contributed by atoms with van der Waals surface area (Å²) in [6.45, 7) is 6.28. The Morgan fingerprint density at radius 2 is 1.44 bits per heavy atom. The number of halogens is 1. The van der Waals surface area contributed by atoms with Crippen LogP contribution in [-0.4, -0.2) is 43.8 Å². The number of hydrogen-bond donors (Lipinski definition) is 1. The van der Waals surface area contributed by atoms with Gasteiger partial charge in [0.15, 0.2) is 0 Å². The van der Waals surface area contributed by atoms with E-state index < -0.39 is 40.2 Å². The molecule has 4 aromatic carbocycles. The van der Waals surface area contributed by atoms with Gasteiger partial charge < -0.3 is 15.0 Å². The smallest absolute Gasteiger partial charge is 0.264 e. The summed E-state index contributed by atoms with van der Waals surface area (Å²) >= 11 is 0. The van der Waals surface area contributed by atoms with Crippen LogP contribution in [0.3, 0.4) is 0 Å². The normalized spacial score (nSPS) is 12.6. The van der Waals surface area contributed by atoms with Crippen LogP contribution < -0.4 is 14.4 Å². The van der Waals surface area contributed by atoms with Crippen molar-refractivity contribution in [1.82, 2.24) is 10.2 Å². The number of aryl methyl sites for hydroxylation is 1. The van der Waals surface area contributed by atoms with Gasteiger partial charge in [0, 0.05) is 18.2 Å². The zero-order valence-electron chi connectivity index (χ0n) is 25.8. The second-order valence-electron chi connectivity index (χ2n) is 10.8. The van der Waals surface area contributed by atoms with Crippen LogP contribution in [0.1, 0.15) is 38.3 Å². The van der Waals surface area contributed by atoms with Crippen LogP contribution in [0.4, 0.5) is 10.1 Å². The molecule has 0 heterocycles. The molecular weight excluding hydrogens is 593 g/mol. The van der Waals surface area contributed by atoms with Crippen LogP contribution in [0.2, 0.25) is 0 Å². The van der Waals surface area contributed by atoms with Gasteiger partial charge in [-0.05, 0) is 81.8 Å². The maximum atomic E-state index is 14.8. The van der Waals surface area contributed by atoms with Gasteiger partial charge in [-0.15, -0.1) is 0 Å². The van der Waals surface area contributed by atoms with Gasteiger partial charge in [0.2, 0.25) is 11.8 Å². The van der Waals surface area contributed by atoms with Crippen LogP contribution in [0.15, 0.2) is 108 Å². The highest BCUT2D eigenvalue weighted by atomic mass is 32.2. The number of benzene rings is 4. The number of carbonyl (C=O) groups is 2. The van der Waals surface area contributed by atoms with Gasteiger partial charge >= 0.3 is 0 Å². The molecule has 0 aliphatic carbocycles. The Hall–Kier alpha value is -4.70. The van der Waals surface area contributed by atoms with Crippen molar-refractivity contribution in [2.45, 2.75) is 57.6 Å². The number of para-hydroxylation sites is 1. The van der Waals surface area contributed by atoms with Crippen molar-refractivity contribution in [3.05, 3.63) is 120 Å². The van der Waals surface area contributed by atoms with Crippen LogP contribution >= 0.6 is 0 Å². The molecule has 2 atom stereocenters. The summed E-state index contributed by atoms with van der Waals surface area (Å²) in [6.07, 6.45) is 0.673. The fourth-order valence-corrected chi connectivity index (χ4v) is 5.94. The van der Waals surface area contributed by atoms with Gasteiger partial charge in [-0.25, -0.2) is 12.8 Å². The second-order valence-corrected chi connectivity index (χ2v) is 12.7. The first kappa shape index (κ1) is 33.2. The number of sulfonamides is 1. The van der Waals surface area contributed by atoms with E-state index in [2.05, 4.69) is 5.32 Å². The van der Waals surface area contributed by atoms with E-state index in [9.17, 15) is 22.4 Å². The molecule has 0 aromatic heterocycles. The number of ether oxygens (including phenoxy) is 1. The Balaban J connectivity index is 1.71. The van der Waals surface area contributed by atoms with Gasteiger partial charge in [-0.1, -0.05) is 61.0 Å². The lowest BCUT2D eigenvalue weighted by molar-refractivity contribution is -0.139. The van der Waals surface area contributed by atoms with E-state index in [1.165, 1.54) is 35.2 Å². The van der Waals surface area contributed by atoms with E-state index in [1.54, 1.807) is 61.5 Å². The number of hydrogen-bond acceptors (Lipinski definition) is 5. The highest BCUT2D eigenvalue weighted by molar-refractivity contribution is 7.92. The minimum atomic E-state index is -4.25. The van der Waals surface area contributed by atoms with Gasteiger partial charge in [-0.3, -0.25) is 13.9 Å². The second kappa shape index (κ2) is 14.9. The quantitative estimate of drug-likeness (QED) is 0.183. The predicted molar refractivity (Wildman–Crippen MR) is 173 cm³/mol. The Kier molecular flexibility index (Phi) is 11.0. The monoisotopic (exact) mass is 631 g/mol. The molecule has 2 unspecified atom stereocenters. The summed E-state index contributed by atoms with van der Waals surface area (Å²) in [7, 11) is -4.25. The first-order chi connectivity index (χ1) is 21.5. The molecule has 0 aliphatic heterocycles. The fraction of sp³-hybridized carbons (Fsp3) is 0.257. The Labute approximate surface area is 264 Å². The molecule has 2 amide bonds. The van der Waals surface area contributed by atoms with Crippen LogP contribution in [0.5, 0.6) is 11.5 Å². The number of amides is 2. The zero-order chi connectivity index (χ0) is 32.6. The molecule has 0 aliphatic rings. The lowest BCUT2D eigenvalue weighted by atomic mass is 10.1. The summed E-state index contributed by atoms with van der Waals surface area (Å²) in [5.74, 6) is -0.559. The molecule has 0 spiro atoms. The van der Waals surface area contributed by atoms with E-state index in [1.807, 2.05) is 39.0 Å². The van der Waals surface area contributed by atoms with Crippen molar-refractivity contribution in [2.24, 2.45) is 0 Å². The van der Waals surface area contributed by atoms with Crippen molar-refractivity contribution in [2.75, 3.05) is 10.8 Å². The number of anilines is 1. The van der Waals surface area contributed by atoms with E-state index >= 15 is 0 Å². The van der Waals surface area contributed by atoms with Gasteiger partial charge in [0.1, 0.15) is 29.9 Å². The van der Waals surface area contributed by atoms with Crippen molar-refractivity contribution in [3.8, 4) is 11.5 Å². The Morgan fingerprint density at radius 3 is 2.07 bits per heavy atom. The number of nitrogens with one attached hydrogen (secondary N) is 1. The summed E-state index contributed by atoms with van der Waals surface area (Å²) in [5.41, 5.74) is 1.28. The molecule has 0 radical (unpaired) electrons. The van der Waals surface area contributed by atoms with Gasteiger partial charge in [-0.2, -0.15) is 0 Å². The average molecular weight is 632 g/mol. The third-order valence-electron chi connectivity index (χ3n) is 7.46. The molecule has 0 bridgehead atoms. The van der Waals surface area contributed by atoms with Crippen molar-refractivity contribution in [3.63, 3.8) is 0 Å². The van der Waals surface area contributed by atoms with E-state index in [0.29, 0.717) is 17.9 Å². The highest BCUT2D eigenvalue weighted by Crippen LogP contribution is 2.29. The SMILES string of the molecule is CCC(C)NC(=O)C(C)N(Cc1ccccc1F)C(=O)CN(c1ccc(Oc2ccccc2)cc1)S(=O)(=O)c1ccc(C)cc1. The van der Waals surface area contributed by atoms with Crippen molar-refractivity contribution < 1.29 is 27.1 Å². The number of rotatable bonds is 13. The lowest BCUT2D eigenvalue weighted by Crippen LogP contribution is -2.52. The summed E-state index contributed by atoms with van der Waals surface area (Å²) in [5, 5.41) is 2.87. The molecule has 236 valence electrons. The maximum Gasteiger partial charge on any atom is 0.264 e. The zero-order valence-corrected chi connectivity index (χ0v) is 26.6. The summed E-state index contributed by atoms with van der Waals surface area (Å²) in [6, 6.07) is 26.6. The summed E-state index contributed by atoms with van der Waals surface area (Å²) in [4.78, 5) is 28.5. The molecule has 10 heteroatoms. The first-order valence-corrected chi connectivity index (χ1v) is 16.2. The maximum absolute atomic E-state index is 14.8. The lowest BCUT2D eigenvalue weighted by Gasteiger charge is -2.32. The molecular formula is C35H38FN3O5S. The molecule has 8 nitrogen and oxygen atoms in total. The minimum absolute atomic E-state index is 0.00581. The fourth-order valence-electron chi connectivity index (χ4n) is 4.53. The molecule has 1 N–H and O–H groups in total. The first-order valence-electron chi connectivity index (χ1n) is 14.7. The van der Waals surface area contributed by atoms with Crippen molar-refractivity contribution >= 4 is 27.5 Å². The standard InChI is InChI=1S/C35H38FN3O5S/c1-5-26(3)37-35(41)27(4)38(23-28-11-9-10-14-33(28)36)34(40)24-39(45(42,43)32-21-15-25(2)16-22-32)29-17-19-31(20-18-29)44-30-12-7-6-8-13-30/h6-22,26-27H,5,23-24H2,1-4H3,(H,37,41). The van der Waals surface area contributed by atoms with E-state index in [0.717, 1.165) is 9.87 Å². The van der Waals surface area contributed by atoms with Crippen LogP contribution in [0, 0.1) is 12.7 Å². The molecule has 0 fully saturated rings. The average Bonchev–Trinajstić information content (AvgIpc) is 3.03. The molecule has 0 saturated carbocycles. The summed E-state index contributed by atoms with van der Waals surface area (Å²) < 4.78 is 49.7.